The number of hydrogen-bond acceptors (Lipinski definition) is 3. The molecule has 0 fully saturated rings. The second-order valence-corrected chi connectivity index (χ2v) is 17.2. The highest BCUT2D eigenvalue weighted by Crippen LogP contribution is 2.52. The number of nitrogens with zero attached hydrogens (tertiary/aromatic N) is 3. The van der Waals surface area contributed by atoms with Crippen molar-refractivity contribution in [3.8, 4) is 78.7 Å². The Morgan fingerprint density at radius 3 is 1.60 bits per heavy atom. The Balaban J connectivity index is 1.01. The van der Waals surface area contributed by atoms with Crippen LogP contribution in [-0.2, 0) is 5.41 Å². The van der Waals surface area contributed by atoms with Gasteiger partial charge in [-0.3, -0.25) is 0 Å². The molecule has 3 nitrogen and oxygen atoms in total. The molecule has 0 spiro atoms. The molecule has 11 aromatic rings. The lowest BCUT2D eigenvalue weighted by atomic mass is 9.82. The molecule has 0 bridgehead atoms. The average molecular weight is 804 g/mol. The van der Waals surface area contributed by atoms with Crippen molar-refractivity contribution >= 4 is 32.3 Å². The molecule has 10 aromatic carbocycles. The summed E-state index contributed by atoms with van der Waals surface area (Å²) >= 11 is 0. The molecule has 0 radical (unpaired) electrons. The van der Waals surface area contributed by atoms with Crippen LogP contribution in [0.1, 0.15) is 25.0 Å². The molecule has 0 saturated heterocycles. The van der Waals surface area contributed by atoms with E-state index in [0.717, 1.165) is 38.9 Å². The fourth-order valence-corrected chi connectivity index (χ4v) is 9.97. The maximum absolute atomic E-state index is 5.26. The third kappa shape index (κ3) is 6.15. The van der Waals surface area contributed by atoms with Gasteiger partial charge in [0.2, 0.25) is 0 Å². The van der Waals surface area contributed by atoms with Gasteiger partial charge >= 0.3 is 0 Å². The fraction of sp³-hybridized carbons (Fsp3) is 0.0500. The molecule has 0 aliphatic heterocycles. The number of aromatic nitrogens is 3. The molecule has 0 amide bonds. The maximum Gasteiger partial charge on any atom is 0.164 e. The van der Waals surface area contributed by atoms with Gasteiger partial charge in [0.25, 0.3) is 0 Å². The second kappa shape index (κ2) is 14.6. The first-order valence-corrected chi connectivity index (χ1v) is 21.7. The first kappa shape index (κ1) is 36.8. The Labute approximate surface area is 367 Å². The van der Waals surface area contributed by atoms with Crippen LogP contribution in [0.3, 0.4) is 0 Å². The van der Waals surface area contributed by atoms with Crippen LogP contribution in [0.25, 0.3) is 111 Å². The number of hydrogen-bond donors (Lipinski definition) is 0. The van der Waals surface area contributed by atoms with E-state index in [9.17, 15) is 0 Å². The normalized spacial score (nSPS) is 12.7. The summed E-state index contributed by atoms with van der Waals surface area (Å²) in [6.45, 7) is 4.66. The molecular weight excluding hydrogens is 763 g/mol. The van der Waals surface area contributed by atoms with Crippen LogP contribution < -0.4 is 0 Å². The summed E-state index contributed by atoms with van der Waals surface area (Å²) in [5.41, 5.74) is 15.0. The topological polar surface area (TPSA) is 38.7 Å². The first-order valence-electron chi connectivity index (χ1n) is 21.7. The van der Waals surface area contributed by atoms with E-state index in [1.54, 1.807) is 0 Å². The molecule has 1 aliphatic carbocycles. The smallest absolute Gasteiger partial charge is 0.164 e. The highest BCUT2D eigenvalue weighted by atomic mass is 15.0. The van der Waals surface area contributed by atoms with Crippen molar-refractivity contribution in [1.82, 2.24) is 15.0 Å². The van der Waals surface area contributed by atoms with E-state index < -0.39 is 0 Å². The van der Waals surface area contributed by atoms with Crippen molar-refractivity contribution in [2.24, 2.45) is 0 Å². The van der Waals surface area contributed by atoms with Gasteiger partial charge in [-0.05, 0) is 106 Å². The van der Waals surface area contributed by atoms with Crippen LogP contribution in [0.4, 0.5) is 0 Å². The SMILES string of the molecule is CC1(C)c2ccccc2-c2c(-c3cccc(-c4nc(-c5ccc(-c6c7ccccc7cc7c6ccc6ccccc67)cc5)nc(-c5cccc(-c6ccccc6)c5)n4)c3)cccc21. The van der Waals surface area contributed by atoms with Gasteiger partial charge in [-0.2, -0.15) is 0 Å². The fourth-order valence-electron chi connectivity index (χ4n) is 9.97. The summed E-state index contributed by atoms with van der Waals surface area (Å²) in [4.78, 5) is 15.7. The highest BCUT2D eigenvalue weighted by molar-refractivity contribution is 6.20. The van der Waals surface area contributed by atoms with Crippen molar-refractivity contribution in [2.75, 3.05) is 0 Å². The predicted molar refractivity (Wildman–Crippen MR) is 263 cm³/mol. The van der Waals surface area contributed by atoms with Crippen molar-refractivity contribution in [3.05, 3.63) is 223 Å². The molecule has 1 heterocycles. The lowest BCUT2D eigenvalue weighted by Crippen LogP contribution is -2.14. The number of fused-ring (bicyclic) bond motifs is 7. The zero-order valence-corrected chi connectivity index (χ0v) is 35.0. The molecule has 0 atom stereocenters. The quantitative estimate of drug-likeness (QED) is 0.124. The zero-order valence-electron chi connectivity index (χ0n) is 35.0. The molecule has 296 valence electrons. The average Bonchev–Trinajstić information content (AvgIpc) is 3.59. The van der Waals surface area contributed by atoms with Gasteiger partial charge in [-0.25, -0.2) is 15.0 Å². The Bertz CT molecular complexity index is 3590. The third-order valence-electron chi connectivity index (χ3n) is 13.1. The van der Waals surface area contributed by atoms with E-state index in [0.29, 0.717) is 17.5 Å². The van der Waals surface area contributed by atoms with Gasteiger partial charge in [0.15, 0.2) is 17.5 Å². The van der Waals surface area contributed by atoms with E-state index in [1.807, 2.05) is 6.07 Å². The Morgan fingerprint density at radius 1 is 0.286 bits per heavy atom. The van der Waals surface area contributed by atoms with Crippen molar-refractivity contribution in [1.29, 1.82) is 0 Å². The van der Waals surface area contributed by atoms with Crippen LogP contribution in [-0.4, -0.2) is 15.0 Å². The van der Waals surface area contributed by atoms with Crippen LogP contribution in [0.5, 0.6) is 0 Å². The van der Waals surface area contributed by atoms with Crippen LogP contribution in [0.2, 0.25) is 0 Å². The molecule has 0 saturated carbocycles. The first-order chi connectivity index (χ1) is 31.0. The minimum absolute atomic E-state index is 0.0868. The molecule has 1 aromatic heterocycles. The third-order valence-corrected chi connectivity index (χ3v) is 13.1. The largest absolute Gasteiger partial charge is 0.208 e. The molecule has 63 heavy (non-hydrogen) atoms. The molecule has 0 N–H and O–H groups in total. The van der Waals surface area contributed by atoms with Crippen molar-refractivity contribution < 1.29 is 0 Å². The highest BCUT2D eigenvalue weighted by Gasteiger charge is 2.36. The van der Waals surface area contributed by atoms with Gasteiger partial charge in [0.1, 0.15) is 0 Å². The van der Waals surface area contributed by atoms with Gasteiger partial charge < -0.3 is 0 Å². The molecule has 0 unspecified atom stereocenters. The lowest BCUT2D eigenvalue weighted by Gasteiger charge is -2.21. The lowest BCUT2D eigenvalue weighted by molar-refractivity contribution is 0.660. The van der Waals surface area contributed by atoms with E-state index in [1.165, 1.54) is 65.7 Å². The molecule has 12 rings (SSSR count). The summed E-state index contributed by atoms with van der Waals surface area (Å²) in [5.74, 6) is 1.89. The van der Waals surface area contributed by atoms with E-state index in [-0.39, 0.29) is 5.41 Å². The summed E-state index contributed by atoms with van der Waals surface area (Å²) < 4.78 is 0. The zero-order chi connectivity index (χ0) is 42.1. The molecule has 1 aliphatic rings. The van der Waals surface area contributed by atoms with Gasteiger partial charge in [-0.15, -0.1) is 0 Å². The number of rotatable bonds is 6. The molecular formula is C60H41N3. The van der Waals surface area contributed by atoms with Gasteiger partial charge in [0, 0.05) is 22.1 Å². The predicted octanol–water partition coefficient (Wildman–Crippen LogP) is 15.6. The monoisotopic (exact) mass is 803 g/mol. The van der Waals surface area contributed by atoms with Crippen molar-refractivity contribution in [2.45, 2.75) is 19.3 Å². The minimum Gasteiger partial charge on any atom is -0.208 e. The summed E-state index contributed by atoms with van der Waals surface area (Å²) in [5, 5.41) is 7.44. The van der Waals surface area contributed by atoms with Gasteiger partial charge in [0.05, 0.1) is 0 Å². The number of benzene rings is 10. The standard InChI is InChI=1S/C60H41N3/c1-60(2)53-27-11-10-25-51(53)56-49(26-14-28-54(56)60)43-20-13-22-46(36-43)59-62-57(61-58(63-59)45-21-12-19-42(35-45)38-15-4-3-5-16-38)41-31-29-40(30-32-41)55-48-24-9-7-18-44(48)37-52-47-23-8-6-17-39(47)33-34-50(52)55/h3-37H,1-2H3. The van der Waals surface area contributed by atoms with Crippen LogP contribution >= 0.6 is 0 Å². The molecule has 3 heteroatoms. The Kier molecular flexibility index (Phi) is 8.52. The summed E-state index contributed by atoms with van der Waals surface area (Å²) in [6, 6.07) is 76.2. The van der Waals surface area contributed by atoms with E-state index in [4.69, 9.17) is 15.0 Å². The Hall–Kier alpha value is -8.01. The Morgan fingerprint density at radius 2 is 0.825 bits per heavy atom. The van der Waals surface area contributed by atoms with Crippen LogP contribution in [0.15, 0.2) is 212 Å². The van der Waals surface area contributed by atoms with Gasteiger partial charge in [-0.1, -0.05) is 208 Å². The van der Waals surface area contributed by atoms with E-state index in [2.05, 4.69) is 220 Å². The van der Waals surface area contributed by atoms with E-state index >= 15 is 0 Å². The maximum atomic E-state index is 5.26. The van der Waals surface area contributed by atoms with Crippen LogP contribution in [0, 0.1) is 0 Å². The van der Waals surface area contributed by atoms with Crippen molar-refractivity contribution in [3.63, 3.8) is 0 Å². The summed E-state index contributed by atoms with van der Waals surface area (Å²) in [7, 11) is 0. The minimum atomic E-state index is -0.0868. The second-order valence-electron chi connectivity index (χ2n) is 17.2. The summed E-state index contributed by atoms with van der Waals surface area (Å²) in [6.07, 6.45) is 0.